The Kier molecular flexibility index (Phi) is 6.66. The van der Waals surface area contributed by atoms with E-state index in [2.05, 4.69) is 46.5 Å². The highest BCUT2D eigenvalue weighted by molar-refractivity contribution is 5.80. The van der Waals surface area contributed by atoms with Crippen LogP contribution in [0.4, 0.5) is 0 Å². The van der Waals surface area contributed by atoms with Crippen molar-refractivity contribution in [2.24, 2.45) is 10.9 Å². The molecule has 1 N–H and O–H groups in total. The Labute approximate surface area is 155 Å². The van der Waals surface area contributed by atoms with Crippen molar-refractivity contribution in [2.45, 2.75) is 26.4 Å². The van der Waals surface area contributed by atoms with Crippen molar-refractivity contribution in [1.82, 2.24) is 20.0 Å². The van der Waals surface area contributed by atoms with E-state index in [1.165, 1.54) is 11.1 Å². The van der Waals surface area contributed by atoms with Gasteiger partial charge in [-0.25, -0.2) is 4.99 Å². The first kappa shape index (κ1) is 18.5. The number of aliphatic imine (C=N–C) groups is 1. The third-order valence-corrected chi connectivity index (χ3v) is 4.73. The smallest absolute Gasteiger partial charge is 0.194 e. The number of guanidine groups is 1. The minimum atomic E-state index is 0.593. The fourth-order valence-electron chi connectivity index (χ4n) is 3.42. The standard InChI is InChI=1S/C20H29N5O/c1-3-21-20(24-12-9-17(14-24)16-26-2)22-13-18-7-4-5-8-19(18)15-25-11-6-10-23-25/h4-8,10-11,17H,3,9,12-16H2,1-2H3,(H,21,22). The van der Waals surface area contributed by atoms with E-state index in [-0.39, 0.29) is 0 Å². The predicted octanol–water partition coefficient (Wildman–Crippen LogP) is 2.37. The zero-order valence-electron chi connectivity index (χ0n) is 15.8. The molecule has 1 aliphatic rings. The van der Waals surface area contributed by atoms with Crippen molar-refractivity contribution >= 4 is 5.96 Å². The number of hydrogen-bond donors (Lipinski definition) is 1. The molecule has 0 aliphatic carbocycles. The van der Waals surface area contributed by atoms with Gasteiger partial charge < -0.3 is 15.0 Å². The Morgan fingerprint density at radius 3 is 2.88 bits per heavy atom. The van der Waals surface area contributed by atoms with E-state index in [9.17, 15) is 0 Å². The molecule has 0 amide bonds. The van der Waals surface area contributed by atoms with Crippen LogP contribution in [0.2, 0.25) is 0 Å². The maximum atomic E-state index is 5.31. The van der Waals surface area contributed by atoms with E-state index in [0.717, 1.165) is 45.2 Å². The second kappa shape index (κ2) is 9.38. The molecule has 1 aliphatic heterocycles. The van der Waals surface area contributed by atoms with Crippen molar-refractivity contribution in [3.63, 3.8) is 0 Å². The van der Waals surface area contributed by atoms with Crippen molar-refractivity contribution in [3.05, 3.63) is 53.9 Å². The Morgan fingerprint density at radius 2 is 2.15 bits per heavy atom. The van der Waals surface area contributed by atoms with Crippen LogP contribution in [0.1, 0.15) is 24.5 Å². The van der Waals surface area contributed by atoms with Crippen molar-refractivity contribution < 1.29 is 4.74 Å². The van der Waals surface area contributed by atoms with Gasteiger partial charge in [-0.1, -0.05) is 24.3 Å². The summed E-state index contributed by atoms with van der Waals surface area (Å²) in [7, 11) is 1.78. The van der Waals surface area contributed by atoms with Crippen LogP contribution in [-0.4, -0.2) is 54.0 Å². The Bertz CT molecular complexity index is 698. The van der Waals surface area contributed by atoms with Gasteiger partial charge in [-0.3, -0.25) is 4.68 Å². The first-order chi connectivity index (χ1) is 12.8. The van der Waals surface area contributed by atoms with E-state index in [1.54, 1.807) is 7.11 Å². The van der Waals surface area contributed by atoms with Crippen molar-refractivity contribution in [1.29, 1.82) is 0 Å². The average molecular weight is 355 g/mol. The third kappa shape index (κ3) is 4.85. The number of rotatable bonds is 7. The Hall–Kier alpha value is -2.34. The zero-order chi connectivity index (χ0) is 18.2. The summed E-state index contributed by atoms with van der Waals surface area (Å²) in [5, 5.41) is 7.75. The molecule has 1 aromatic carbocycles. The van der Waals surface area contributed by atoms with Gasteiger partial charge in [-0.2, -0.15) is 5.10 Å². The number of nitrogens with zero attached hydrogens (tertiary/aromatic N) is 4. The molecule has 6 nitrogen and oxygen atoms in total. The molecule has 1 saturated heterocycles. The van der Waals surface area contributed by atoms with E-state index in [0.29, 0.717) is 12.5 Å². The van der Waals surface area contributed by atoms with Crippen molar-refractivity contribution in [2.75, 3.05) is 33.4 Å². The lowest BCUT2D eigenvalue weighted by molar-refractivity contribution is 0.157. The van der Waals surface area contributed by atoms with Crippen LogP contribution in [0.15, 0.2) is 47.7 Å². The molecular formula is C20H29N5O. The molecule has 1 atom stereocenters. The summed E-state index contributed by atoms with van der Waals surface area (Å²) in [5.74, 6) is 1.59. The molecule has 1 aromatic heterocycles. The average Bonchev–Trinajstić information content (AvgIpc) is 3.32. The largest absolute Gasteiger partial charge is 0.384 e. The Balaban J connectivity index is 1.70. The number of methoxy groups -OCH3 is 1. The number of nitrogens with one attached hydrogen (secondary N) is 1. The summed E-state index contributed by atoms with van der Waals surface area (Å²) in [5.41, 5.74) is 2.50. The minimum Gasteiger partial charge on any atom is -0.384 e. The van der Waals surface area contributed by atoms with Crippen LogP contribution in [-0.2, 0) is 17.8 Å². The molecule has 3 rings (SSSR count). The maximum Gasteiger partial charge on any atom is 0.194 e. The van der Waals surface area contributed by atoms with E-state index >= 15 is 0 Å². The first-order valence-corrected chi connectivity index (χ1v) is 9.36. The topological polar surface area (TPSA) is 54.7 Å². The molecule has 0 saturated carbocycles. The molecule has 26 heavy (non-hydrogen) atoms. The number of hydrogen-bond acceptors (Lipinski definition) is 3. The molecule has 140 valence electrons. The lowest BCUT2D eigenvalue weighted by Gasteiger charge is -2.22. The highest BCUT2D eigenvalue weighted by Crippen LogP contribution is 2.17. The number of ether oxygens (including phenoxy) is 1. The van der Waals surface area contributed by atoms with Crippen LogP contribution in [0.3, 0.4) is 0 Å². The van der Waals surface area contributed by atoms with Gasteiger partial charge in [0.2, 0.25) is 0 Å². The fraction of sp³-hybridized carbons (Fsp3) is 0.500. The second-order valence-corrected chi connectivity index (χ2v) is 6.70. The molecule has 0 bridgehead atoms. The van der Waals surface area contributed by atoms with Crippen LogP contribution >= 0.6 is 0 Å². The van der Waals surface area contributed by atoms with Crippen LogP contribution in [0.25, 0.3) is 0 Å². The maximum absolute atomic E-state index is 5.31. The predicted molar refractivity (Wildman–Crippen MR) is 104 cm³/mol. The highest BCUT2D eigenvalue weighted by atomic mass is 16.5. The summed E-state index contributed by atoms with van der Waals surface area (Å²) < 4.78 is 7.26. The lowest BCUT2D eigenvalue weighted by Crippen LogP contribution is -2.40. The van der Waals surface area contributed by atoms with Crippen LogP contribution < -0.4 is 5.32 Å². The van der Waals surface area contributed by atoms with E-state index in [4.69, 9.17) is 9.73 Å². The number of benzene rings is 1. The zero-order valence-corrected chi connectivity index (χ0v) is 15.8. The molecule has 0 radical (unpaired) electrons. The van der Waals surface area contributed by atoms with Gasteiger partial charge in [0.1, 0.15) is 0 Å². The quantitative estimate of drug-likeness (QED) is 0.612. The summed E-state index contributed by atoms with van der Waals surface area (Å²) in [6, 6.07) is 10.4. The molecular weight excluding hydrogens is 326 g/mol. The Morgan fingerprint density at radius 1 is 1.31 bits per heavy atom. The summed E-state index contributed by atoms with van der Waals surface area (Å²) >= 11 is 0. The third-order valence-electron chi connectivity index (χ3n) is 4.73. The molecule has 2 heterocycles. The van der Waals surface area contributed by atoms with Crippen molar-refractivity contribution in [3.8, 4) is 0 Å². The van der Waals surface area contributed by atoms with E-state index in [1.807, 2.05) is 23.1 Å². The van der Waals surface area contributed by atoms with Gasteiger partial charge in [0.25, 0.3) is 0 Å². The fourth-order valence-corrected chi connectivity index (χ4v) is 3.42. The van der Waals surface area contributed by atoms with Gasteiger partial charge in [0.15, 0.2) is 5.96 Å². The highest BCUT2D eigenvalue weighted by Gasteiger charge is 2.24. The minimum absolute atomic E-state index is 0.593. The SMILES string of the molecule is CCNC(=NCc1ccccc1Cn1cccn1)N1CCC(COC)C1. The summed E-state index contributed by atoms with van der Waals surface area (Å²) in [6.07, 6.45) is 4.96. The molecule has 2 aromatic rings. The van der Waals surface area contributed by atoms with Gasteiger partial charge in [-0.15, -0.1) is 0 Å². The molecule has 1 fully saturated rings. The molecule has 1 unspecified atom stereocenters. The number of aromatic nitrogens is 2. The van der Waals surface area contributed by atoms with Gasteiger partial charge in [0, 0.05) is 45.1 Å². The van der Waals surface area contributed by atoms with Crippen LogP contribution in [0.5, 0.6) is 0 Å². The van der Waals surface area contributed by atoms with E-state index < -0.39 is 0 Å². The molecule has 0 spiro atoms. The molecule has 6 heteroatoms. The van der Waals surface area contributed by atoms with Gasteiger partial charge in [0.05, 0.1) is 19.7 Å². The summed E-state index contributed by atoms with van der Waals surface area (Å²) in [6.45, 7) is 7.30. The van der Waals surface area contributed by atoms with Crippen LogP contribution in [0, 0.1) is 5.92 Å². The van der Waals surface area contributed by atoms with Gasteiger partial charge >= 0.3 is 0 Å². The number of likely N-dealkylation sites (tertiary alicyclic amines) is 1. The first-order valence-electron chi connectivity index (χ1n) is 9.36. The summed E-state index contributed by atoms with van der Waals surface area (Å²) in [4.78, 5) is 7.26. The second-order valence-electron chi connectivity index (χ2n) is 6.70. The van der Waals surface area contributed by atoms with Gasteiger partial charge in [-0.05, 0) is 30.5 Å². The normalized spacial score (nSPS) is 17.7. The lowest BCUT2D eigenvalue weighted by atomic mass is 10.1. The monoisotopic (exact) mass is 355 g/mol.